The normalized spacial score (nSPS) is 15.3. The maximum absolute atomic E-state index is 13.0. The molecular formula is C18H21ClFN3O3S. The van der Waals surface area contributed by atoms with Crippen LogP contribution in [0.15, 0.2) is 47.4 Å². The average molecular weight is 414 g/mol. The number of piperazine rings is 1. The monoisotopic (exact) mass is 413 g/mol. The molecule has 27 heavy (non-hydrogen) atoms. The van der Waals surface area contributed by atoms with E-state index >= 15 is 0 Å². The van der Waals surface area contributed by atoms with E-state index in [0.29, 0.717) is 11.3 Å². The number of carbonyl (C=O) groups is 1. The Balaban J connectivity index is 0.00000261. The van der Waals surface area contributed by atoms with Gasteiger partial charge < -0.3 is 10.6 Å². The molecule has 0 radical (unpaired) electrons. The molecule has 0 unspecified atom stereocenters. The van der Waals surface area contributed by atoms with Crippen molar-refractivity contribution in [3.05, 3.63) is 59.4 Å². The third-order valence-electron chi connectivity index (χ3n) is 4.47. The third-order valence-corrected chi connectivity index (χ3v) is 6.38. The van der Waals surface area contributed by atoms with Crippen molar-refractivity contribution >= 4 is 34.0 Å². The highest BCUT2D eigenvalue weighted by molar-refractivity contribution is 7.89. The van der Waals surface area contributed by atoms with E-state index in [4.69, 9.17) is 5.73 Å². The van der Waals surface area contributed by atoms with Crippen molar-refractivity contribution in [1.29, 1.82) is 0 Å². The Hall–Kier alpha value is -2.16. The van der Waals surface area contributed by atoms with Gasteiger partial charge in [-0.3, -0.25) is 4.79 Å². The van der Waals surface area contributed by atoms with Crippen molar-refractivity contribution in [2.75, 3.05) is 31.9 Å². The van der Waals surface area contributed by atoms with E-state index in [1.165, 1.54) is 16.4 Å². The highest BCUT2D eigenvalue weighted by Crippen LogP contribution is 2.20. The van der Waals surface area contributed by atoms with E-state index in [9.17, 15) is 17.6 Å². The van der Waals surface area contributed by atoms with Crippen LogP contribution in [0.2, 0.25) is 0 Å². The van der Waals surface area contributed by atoms with E-state index in [0.717, 1.165) is 17.7 Å². The molecular weight excluding hydrogens is 393 g/mol. The van der Waals surface area contributed by atoms with E-state index < -0.39 is 15.8 Å². The van der Waals surface area contributed by atoms with Crippen LogP contribution in [0.4, 0.5) is 10.1 Å². The van der Waals surface area contributed by atoms with E-state index in [1.807, 2.05) is 6.92 Å². The molecule has 1 amide bonds. The minimum absolute atomic E-state index is 0. The van der Waals surface area contributed by atoms with Crippen LogP contribution in [0.25, 0.3) is 0 Å². The Morgan fingerprint density at radius 2 is 1.63 bits per heavy atom. The maximum atomic E-state index is 13.0. The van der Waals surface area contributed by atoms with E-state index in [2.05, 4.69) is 0 Å². The topological polar surface area (TPSA) is 83.7 Å². The SMILES string of the molecule is Cc1ccc(N)cc1C(=O)N1CCN(S(=O)(=O)c2ccc(F)cc2)CC1.Cl. The summed E-state index contributed by atoms with van der Waals surface area (Å²) < 4.78 is 39.6. The summed E-state index contributed by atoms with van der Waals surface area (Å²) >= 11 is 0. The predicted octanol–water partition coefficient (Wildman–Crippen LogP) is 2.28. The van der Waals surface area contributed by atoms with Crippen LogP contribution in [0.5, 0.6) is 0 Å². The number of rotatable bonds is 3. The molecule has 1 saturated heterocycles. The average Bonchev–Trinajstić information content (AvgIpc) is 2.63. The van der Waals surface area contributed by atoms with Crippen molar-refractivity contribution in [3.63, 3.8) is 0 Å². The quantitative estimate of drug-likeness (QED) is 0.782. The summed E-state index contributed by atoms with van der Waals surface area (Å²) in [7, 11) is -3.70. The lowest BCUT2D eigenvalue weighted by atomic mass is 10.1. The standard InChI is InChI=1S/C18H20FN3O3S.ClH/c1-13-2-5-15(20)12-17(13)18(23)21-8-10-22(11-9-21)26(24,25)16-6-3-14(19)4-7-16;/h2-7,12H,8-11,20H2,1H3;1H. The zero-order valence-electron chi connectivity index (χ0n) is 14.8. The molecule has 0 bridgehead atoms. The zero-order valence-corrected chi connectivity index (χ0v) is 16.4. The second-order valence-corrected chi connectivity index (χ2v) is 8.16. The number of sulfonamides is 1. The van der Waals surface area contributed by atoms with Gasteiger partial charge in [-0.15, -0.1) is 12.4 Å². The smallest absolute Gasteiger partial charge is 0.254 e. The van der Waals surface area contributed by atoms with Crippen molar-refractivity contribution in [2.24, 2.45) is 0 Å². The molecule has 3 rings (SSSR count). The molecule has 0 saturated carbocycles. The van der Waals surface area contributed by atoms with Crippen LogP contribution < -0.4 is 5.73 Å². The third kappa shape index (κ3) is 4.40. The molecule has 1 aliphatic rings. The molecule has 1 fully saturated rings. The first kappa shape index (κ1) is 21.1. The van der Waals surface area contributed by atoms with E-state index in [-0.39, 0.29) is 49.4 Å². The first-order chi connectivity index (χ1) is 12.3. The van der Waals surface area contributed by atoms with Gasteiger partial charge in [0, 0.05) is 37.4 Å². The molecule has 0 aliphatic carbocycles. The molecule has 146 valence electrons. The summed E-state index contributed by atoms with van der Waals surface area (Å²) in [4.78, 5) is 14.4. The molecule has 1 heterocycles. The summed E-state index contributed by atoms with van der Waals surface area (Å²) in [5.41, 5.74) is 7.63. The number of nitrogen functional groups attached to an aromatic ring is 1. The molecule has 2 aromatic rings. The number of halogens is 2. The van der Waals surface area contributed by atoms with Gasteiger partial charge in [0.2, 0.25) is 10.0 Å². The second kappa shape index (κ2) is 8.24. The number of carbonyl (C=O) groups excluding carboxylic acids is 1. The second-order valence-electron chi connectivity index (χ2n) is 6.22. The summed E-state index contributed by atoms with van der Waals surface area (Å²) in [6.45, 7) is 2.78. The highest BCUT2D eigenvalue weighted by Gasteiger charge is 2.30. The number of amides is 1. The lowest BCUT2D eigenvalue weighted by molar-refractivity contribution is 0.0697. The fourth-order valence-electron chi connectivity index (χ4n) is 2.93. The summed E-state index contributed by atoms with van der Waals surface area (Å²) in [6, 6.07) is 9.90. The number of nitrogens with two attached hydrogens (primary N) is 1. The van der Waals surface area contributed by atoms with Gasteiger partial charge in [-0.1, -0.05) is 6.07 Å². The Morgan fingerprint density at radius 3 is 2.22 bits per heavy atom. The number of nitrogens with zero attached hydrogens (tertiary/aromatic N) is 2. The molecule has 0 spiro atoms. The minimum atomic E-state index is -3.70. The van der Waals surface area contributed by atoms with Gasteiger partial charge in [0.25, 0.3) is 5.91 Å². The van der Waals surface area contributed by atoms with Crippen LogP contribution in [-0.2, 0) is 10.0 Å². The van der Waals surface area contributed by atoms with Gasteiger partial charge in [0.15, 0.2) is 0 Å². The molecule has 6 nitrogen and oxygen atoms in total. The lowest BCUT2D eigenvalue weighted by Crippen LogP contribution is -2.50. The molecule has 1 aliphatic heterocycles. The van der Waals surface area contributed by atoms with Gasteiger partial charge in [0.1, 0.15) is 5.82 Å². The molecule has 2 N–H and O–H groups in total. The highest BCUT2D eigenvalue weighted by atomic mass is 35.5. The summed E-state index contributed by atoms with van der Waals surface area (Å²) in [6.07, 6.45) is 0. The van der Waals surface area contributed by atoms with Crippen LogP contribution >= 0.6 is 12.4 Å². The summed E-state index contributed by atoms with van der Waals surface area (Å²) in [5.74, 6) is -0.648. The van der Waals surface area contributed by atoms with Crippen LogP contribution in [0.3, 0.4) is 0 Å². The first-order valence-electron chi connectivity index (χ1n) is 8.20. The first-order valence-corrected chi connectivity index (χ1v) is 9.64. The van der Waals surface area contributed by atoms with Crippen molar-refractivity contribution < 1.29 is 17.6 Å². The lowest BCUT2D eigenvalue weighted by Gasteiger charge is -2.34. The van der Waals surface area contributed by atoms with Crippen molar-refractivity contribution in [3.8, 4) is 0 Å². The number of anilines is 1. The summed E-state index contributed by atoms with van der Waals surface area (Å²) in [5, 5.41) is 0. The van der Waals surface area contributed by atoms with Crippen molar-refractivity contribution in [2.45, 2.75) is 11.8 Å². The van der Waals surface area contributed by atoms with Gasteiger partial charge in [0.05, 0.1) is 4.90 Å². The number of hydrogen-bond donors (Lipinski definition) is 1. The fourth-order valence-corrected chi connectivity index (χ4v) is 4.35. The molecule has 0 atom stereocenters. The Labute approximate surface area is 164 Å². The number of benzene rings is 2. The predicted molar refractivity (Wildman–Crippen MR) is 104 cm³/mol. The van der Waals surface area contributed by atoms with Gasteiger partial charge >= 0.3 is 0 Å². The molecule has 2 aromatic carbocycles. The van der Waals surface area contributed by atoms with Crippen molar-refractivity contribution in [1.82, 2.24) is 9.21 Å². The van der Waals surface area contributed by atoms with Crippen LogP contribution in [-0.4, -0.2) is 49.7 Å². The minimum Gasteiger partial charge on any atom is -0.399 e. The molecule has 9 heteroatoms. The maximum Gasteiger partial charge on any atom is 0.254 e. The largest absolute Gasteiger partial charge is 0.399 e. The Kier molecular flexibility index (Phi) is 6.46. The number of aryl methyl sites for hydroxylation is 1. The molecule has 0 aromatic heterocycles. The number of hydrogen-bond acceptors (Lipinski definition) is 4. The van der Waals surface area contributed by atoms with E-state index in [1.54, 1.807) is 23.1 Å². The fraction of sp³-hybridized carbons (Fsp3) is 0.278. The van der Waals surface area contributed by atoms with Gasteiger partial charge in [-0.2, -0.15) is 4.31 Å². The zero-order chi connectivity index (χ0) is 18.9. The Morgan fingerprint density at radius 1 is 1.04 bits per heavy atom. The van der Waals surface area contributed by atoms with Crippen LogP contribution in [0.1, 0.15) is 15.9 Å². The Bertz CT molecular complexity index is 927. The van der Waals surface area contributed by atoms with Gasteiger partial charge in [-0.25, -0.2) is 12.8 Å². The van der Waals surface area contributed by atoms with Gasteiger partial charge in [-0.05, 0) is 48.9 Å². The van der Waals surface area contributed by atoms with Crippen LogP contribution in [0, 0.1) is 12.7 Å².